The zero-order valence-electron chi connectivity index (χ0n) is 16.6. The fourth-order valence-corrected chi connectivity index (χ4v) is 4.42. The number of nitrogens with zero attached hydrogens (tertiary/aromatic N) is 1. The van der Waals surface area contributed by atoms with E-state index in [9.17, 15) is 0 Å². The molecule has 0 saturated carbocycles. The zero-order valence-corrected chi connectivity index (χ0v) is 16.6. The Kier molecular flexibility index (Phi) is 5.06. The van der Waals surface area contributed by atoms with Gasteiger partial charge in [-0.05, 0) is 67.3 Å². The highest BCUT2D eigenvalue weighted by Gasteiger charge is 2.25. The van der Waals surface area contributed by atoms with Gasteiger partial charge >= 0.3 is 0 Å². The van der Waals surface area contributed by atoms with Gasteiger partial charge in [-0.25, -0.2) is 0 Å². The average Bonchev–Trinajstić information content (AvgIpc) is 3.37. The van der Waals surface area contributed by atoms with E-state index in [4.69, 9.17) is 4.74 Å². The van der Waals surface area contributed by atoms with E-state index in [0.29, 0.717) is 6.04 Å². The van der Waals surface area contributed by atoms with Crippen molar-refractivity contribution in [1.29, 1.82) is 0 Å². The number of fused-ring (bicyclic) bond motifs is 1. The smallest absolute Gasteiger partial charge is 0.128 e. The van der Waals surface area contributed by atoms with Crippen molar-refractivity contribution in [3.63, 3.8) is 0 Å². The van der Waals surface area contributed by atoms with Crippen LogP contribution in [0.15, 0.2) is 85.1 Å². The first-order valence-corrected chi connectivity index (χ1v) is 10.5. The number of hydrogen-bond donors (Lipinski definition) is 1. The van der Waals surface area contributed by atoms with Crippen LogP contribution in [0.1, 0.15) is 24.0 Å². The molecule has 0 aliphatic carbocycles. The Morgan fingerprint density at radius 1 is 0.897 bits per heavy atom. The molecule has 3 aromatic carbocycles. The maximum atomic E-state index is 6.06. The Balaban J connectivity index is 1.35. The normalized spacial score (nSPS) is 17.0. The molecule has 1 aromatic heterocycles. The molecule has 0 unspecified atom stereocenters. The third-order valence-electron chi connectivity index (χ3n) is 5.90. The van der Waals surface area contributed by atoms with Crippen molar-refractivity contribution in [3.8, 4) is 11.5 Å². The van der Waals surface area contributed by atoms with Crippen molar-refractivity contribution in [2.24, 2.45) is 0 Å². The summed E-state index contributed by atoms with van der Waals surface area (Å²) in [5.74, 6) is 1.76. The number of nitrogens with one attached hydrogen (secondary N) is 1. The summed E-state index contributed by atoms with van der Waals surface area (Å²) in [6.07, 6.45) is 5.79. The van der Waals surface area contributed by atoms with Crippen LogP contribution < -0.4 is 4.74 Å². The third-order valence-corrected chi connectivity index (χ3v) is 5.90. The van der Waals surface area contributed by atoms with Gasteiger partial charge < -0.3 is 9.72 Å². The summed E-state index contributed by atoms with van der Waals surface area (Å²) in [4.78, 5) is 6.08. The first kappa shape index (κ1) is 18.0. The van der Waals surface area contributed by atoms with Crippen molar-refractivity contribution >= 4 is 10.9 Å². The molecule has 1 fully saturated rings. The number of aromatic nitrogens is 1. The second-order valence-electron chi connectivity index (χ2n) is 7.89. The highest BCUT2D eigenvalue weighted by molar-refractivity contribution is 5.84. The minimum absolute atomic E-state index is 0.591. The molecule has 0 radical (unpaired) electrons. The molecule has 1 N–H and O–H groups in total. The van der Waals surface area contributed by atoms with Gasteiger partial charge in [0.15, 0.2) is 0 Å². The van der Waals surface area contributed by atoms with Gasteiger partial charge in [-0.1, -0.05) is 48.5 Å². The predicted molar refractivity (Wildman–Crippen MR) is 118 cm³/mol. The van der Waals surface area contributed by atoms with Crippen LogP contribution in [0.25, 0.3) is 10.9 Å². The van der Waals surface area contributed by atoms with Crippen LogP contribution in [0.3, 0.4) is 0 Å². The summed E-state index contributed by atoms with van der Waals surface area (Å²) in [7, 11) is 0. The number of para-hydroxylation sites is 1. The quantitative estimate of drug-likeness (QED) is 0.432. The summed E-state index contributed by atoms with van der Waals surface area (Å²) in [5, 5.41) is 1.27. The van der Waals surface area contributed by atoms with Crippen LogP contribution in [0, 0.1) is 0 Å². The third kappa shape index (κ3) is 4.06. The zero-order chi connectivity index (χ0) is 19.5. The average molecular weight is 383 g/mol. The lowest BCUT2D eigenvalue weighted by Gasteiger charge is -2.24. The summed E-state index contributed by atoms with van der Waals surface area (Å²) in [6.45, 7) is 2.22. The number of ether oxygens (including phenoxy) is 1. The molecule has 1 aliphatic heterocycles. The highest BCUT2D eigenvalue weighted by Crippen LogP contribution is 2.30. The molecule has 1 saturated heterocycles. The second kappa shape index (κ2) is 8.14. The van der Waals surface area contributed by atoms with E-state index < -0.39 is 0 Å². The fraction of sp³-hybridized carbons (Fsp3) is 0.231. The van der Waals surface area contributed by atoms with Gasteiger partial charge in [0.05, 0.1) is 0 Å². The minimum atomic E-state index is 0.591. The SMILES string of the molecule is c1ccc(CN2CCC[C@@H]2Cc2c[nH]c3ccc(Oc4ccccc4)cc23)cc1. The molecule has 5 rings (SSSR count). The number of benzene rings is 3. The number of hydrogen-bond acceptors (Lipinski definition) is 2. The lowest BCUT2D eigenvalue weighted by molar-refractivity contribution is 0.244. The lowest BCUT2D eigenvalue weighted by atomic mass is 10.0. The molecule has 1 aliphatic rings. The predicted octanol–water partition coefficient (Wildman–Crippen LogP) is 6.17. The summed E-state index contributed by atoms with van der Waals surface area (Å²) < 4.78 is 6.06. The van der Waals surface area contributed by atoms with Crippen LogP contribution in [-0.2, 0) is 13.0 Å². The molecule has 0 bridgehead atoms. The highest BCUT2D eigenvalue weighted by atomic mass is 16.5. The van der Waals surface area contributed by atoms with E-state index >= 15 is 0 Å². The molecule has 3 nitrogen and oxygen atoms in total. The second-order valence-corrected chi connectivity index (χ2v) is 7.89. The molecule has 3 heteroatoms. The van der Waals surface area contributed by atoms with E-state index in [1.54, 1.807) is 0 Å². The van der Waals surface area contributed by atoms with Gasteiger partial charge in [0, 0.05) is 29.7 Å². The Morgan fingerprint density at radius 3 is 2.52 bits per heavy atom. The van der Waals surface area contributed by atoms with E-state index in [1.165, 1.54) is 41.4 Å². The van der Waals surface area contributed by atoms with Crippen molar-refractivity contribution < 1.29 is 4.74 Å². The Bertz CT molecular complexity index is 1070. The maximum Gasteiger partial charge on any atom is 0.128 e. The Hall–Kier alpha value is -3.04. The monoisotopic (exact) mass is 382 g/mol. The molecule has 0 spiro atoms. The van der Waals surface area contributed by atoms with E-state index in [-0.39, 0.29) is 0 Å². The number of aromatic amines is 1. The van der Waals surface area contributed by atoms with Gasteiger partial charge in [0.1, 0.15) is 11.5 Å². The topological polar surface area (TPSA) is 28.3 Å². The first-order valence-electron chi connectivity index (χ1n) is 10.5. The van der Waals surface area contributed by atoms with Gasteiger partial charge in [-0.2, -0.15) is 0 Å². The lowest BCUT2D eigenvalue weighted by Crippen LogP contribution is -2.30. The van der Waals surface area contributed by atoms with Gasteiger partial charge in [-0.15, -0.1) is 0 Å². The van der Waals surface area contributed by atoms with Crippen LogP contribution in [-0.4, -0.2) is 22.5 Å². The summed E-state index contributed by atoms with van der Waals surface area (Å²) in [5.41, 5.74) is 3.95. The molecule has 0 amide bonds. The Morgan fingerprint density at radius 2 is 1.69 bits per heavy atom. The van der Waals surface area contributed by atoms with Crippen LogP contribution >= 0.6 is 0 Å². The standard InChI is InChI=1S/C26H26N2O/c1-3-8-20(9-4-1)19-28-15-7-10-22(28)16-21-18-27-26-14-13-24(17-25(21)26)29-23-11-5-2-6-12-23/h1-6,8-9,11-14,17-18,22,27H,7,10,15-16,19H2/t22-/m1/s1. The fourth-order valence-electron chi connectivity index (χ4n) is 4.42. The minimum Gasteiger partial charge on any atom is -0.457 e. The van der Waals surface area contributed by atoms with E-state index in [0.717, 1.165) is 24.5 Å². The van der Waals surface area contributed by atoms with Crippen LogP contribution in [0.4, 0.5) is 0 Å². The molecule has 146 valence electrons. The van der Waals surface area contributed by atoms with Gasteiger partial charge in [0.25, 0.3) is 0 Å². The molecular formula is C26H26N2O. The van der Waals surface area contributed by atoms with Crippen molar-refractivity contribution in [1.82, 2.24) is 9.88 Å². The molecular weight excluding hydrogens is 356 g/mol. The molecule has 4 aromatic rings. The van der Waals surface area contributed by atoms with Crippen molar-refractivity contribution in [2.75, 3.05) is 6.54 Å². The molecule has 29 heavy (non-hydrogen) atoms. The number of H-pyrrole nitrogens is 1. The largest absolute Gasteiger partial charge is 0.457 e. The number of rotatable bonds is 6. The molecule has 2 heterocycles. The van der Waals surface area contributed by atoms with E-state index in [1.807, 2.05) is 36.4 Å². The number of likely N-dealkylation sites (tertiary alicyclic amines) is 1. The van der Waals surface area contributed by atoms with Crippen molar-refractivity contribution in [3.05, 3.63) is 96.2 Å². The van der Waals surface area contributed by atoms with Crippen LogP contribution in [0.5, 0.6) is 11.5 Å². The summed E-state index contributed by atoms with van der Waals surface area (Å²) >= 11 is 0. The Labute approximate surface area is 171 Å². The maximum absolute atomic E-state index is 6.06. The molecule has 1 atom stereocenters. The van der Waals surface area contributed by atoms with Crippen molar-refractivity contribution in [2.45, 2.75) is 31.8 Å². The summed E-state index contributed by atoms with van der Waals surface area (Å²) in [6, 6.07) is 27.7. The van der Waals surface area contributed by atoms with Gasteiger partial charge in [0.2, 0.25) is 0 Å². The van der Waals surface area contributed by atoms with Gasteiger partial charge in [-0.3, -0.25) is 4.90 Å². The first-order chi connectivity index (χ1) is 14.3. The van der Waals surface area contributed by atoms with Crippen LogP contribution in [0.2, 0.25) is 0 Å². The van der Waals surface area contributed by atoms with E-state index in [2.05, 4.69) is 58.5 Å².